The topological polar surface area (TPSA) is 84.9 Å². The van der Waals surface area contributed by atoms with Gasteiger partial charge in [-0.2, -0.15) is 0 Å². The Morgan fingerprint density at radius 1 is 1.30 bits per heavy atom. The highest BCUT2D eigenvalue weighted by molar-refractivity contribution is 5.81. The van der Waals surface area contributed by atoms with Crippen molar-refractivity contribution in [2.24, 2.45) is 0 Å². The Morgan fingerprint density at radius 3 is 2.43 bits per heavy atom. The predicted octanol–water partition coefficient (Wildman–Crippen LogP) is 2.56. The third-order valence-electron chi connectivity index (χ3n) is 2.70. The Balaban J connectivity index is 2.79. The number of esters is 1. The smallest absolute Gasteiger partial charge is 0.408 e. The number of benzene rings is 1. The van der Waals surface area contributed by atoms with Gasteiger partial charge in [0, 0.05) is 6.42 Å². The first-order valence-corrected chi connectivity index (χ1v) is 7.26. The van der Waals surface area contributed by atoms with E-state index in [-0.39, 0.29) is 18.8 Å². The van der Waals surface area contributed by atoms with Crippen LogP contribution in [0.15, 0.2) is 36.9 Å². The molecule has 0 aliphatic rings. The zero-order valence-electron chi connectivity index (χ0n) is 13.7. The molecule has 1 rings (SSSR count). The molecule has 6 heteroatoms. The second-order valence-electron chi connectivity index (χ2n) is 5.99. The van der Waals surface area contributed by atoms with E-state index in [1.54, 1.807) is 32.9 Å². The summed E-state index contributed by atoms with van der Waals surface area (Å²) in [7, 11) is 0. The molecule has 0 aromatic heterocycles. The van der Waals surface area contributed by atoms with E-state index >= 15 is 0 Å². The molecule has 1 aromatic carbocycles. The first-order valence-electron chi connectivity index (χ1n) is 7.26. The Hall–Kier alpha value is -2.50. The van der Waals surface area contributed by atoms with E-state index in [9.17, 15) is 14.7 Å². The largest absolute Gasteiger partial charge is 0.508 e. The van der Waals surface area contributed by atoms with Crippen molar-refractivity contribution in [2.45, 2.75) is 38.8 Å². The average molecular weight is 321 g/mol. The molecule has 0 saturated heterocycles. The molecule has 2 N–H and O–H groups in total. The van der Waals surface area contributed by atoms with Crippen molar-refractivity contribution in [3.05, 3.63) is 42.5 Å². The number of rotatable bonds is 6. The molecular weight excluding hydrogens is 298 g/mol. The van der Waals surface area contributed by atoms with Crippen molar-refractivity contribution < 1.29 is 24.2 Å². The number of aromatic hydroxyl groups is 1. The highest BCUT2D eigenvalue weighted by Gasteiger charge is 2.25. The molecular formula is C17H23NO5. The Kier molecular flexibility index (Phi) is 6.63. The van der Waals surface area contributed by atoms with Gasteiger partial charge in [-0.3, -0.25) is 0 Å². The van der Waals surface area contributed by atoms with Crippen LogP contribution in [0.3, 0.4) is 0 Å². The van der Waals surface area contributed by atoms with Crippen LogP contribution >= 0.6 is 0 Å². The Bertz CT molecular complexity index is 545. The van der Waals surface area contributed by atoms with Gasteiger partial charge in [-0.25, -0.2) is 9.59 Å². The van der Waals surface area contributed by atoms with E-state index in [0.29, 0.717) is 0 Å². The minimum Gasteiger partial charge on any atom is -0.508 e. The SMILES string of the molecule is C=CCOC(=O)[C@@H](Cc1ccc(O)cc1)NC(=O)OC(C)(C)C. The van der Waals surface area contributed by atoms with Gasteiger partial charge < -0.3 is 19.9 Å². The maximum Gasteiger partial charge on any atom is 0.408 e. The van der Waals surface area contributed by atoms with Crippen molar-refractivity contribution >= 4 is 12.1 Å². The maximum absolute atomic E-state index is 12.1. The summed E-state index contributed by atoms with van der Waals surface area (Å²) in [4.78, 5) is 24.0. The van der Waals surface area contributed by atoms with Crippen LogP contribution in [0.4, 0.5) is 4.79 Å². The summed E-state index contributed by atoms with van der Waals surface area (Å²) in [6.07, 6.45) is 0.968. The van der Waals surface area contributed by atoms with Crippen LogP contribution in [0.25, 0.3) is 0 Å². The minimum absolute atomic E-state index is 0.0565. The lowest BCUT2D eigenvalue weighted by Crippen LogP contribution is -2.45. The Labute approximate surface area is 136 Å². The van der Waals surface area contributed by atoms with E-state index in [2.05, 4.69) is 11.9 Å². The van der Waals surface area contributed by atoms with Gasteiger partial charge >= 0.3 is 12.1 Å². The van der Waals surface area contributed by atoms with E-state index in [4.69, 9.17) is 9.47 Å². The molecule has 23 heavy (non-hydrogen) atoms. The average Bonchev–Trinajstić information content (AvgIpc) is 2.44. The second kappa shape index (κ2) is 8.22. The number of alkyl carbamates (subject to hydrolysis) is 1. The number of carbonyl (C=O) groups is 2. The molecule has 1 amide bonds. The molecule has 6 nitrogen and oxygen atoms in total. The predicted molar refractivity (Wildman–Crippen MR) is 86.1 cm³/mol. The van der Waals surface area contributed by atoms with Gasteiger partial charge in [0.15, 0.2) is 0 Å². The normalized spacial score (nSPS) is 12.1. The summed E-state index contributed by atoms with van der Waals surface area (Å²) in [5.74, 6) is -0.455. The van der Waals surface area contributed by atoms with Crippen LogP contribution in [0.2, 0.25) is 0 Å². The molecule has 0 heterocycles. The van der Waals surface area contributed by atoms with Crippen LogP contribution in [0.5, 0.6) is 5.75 Å². The van der Waals surface area contributed by atoms with Crippen LogP contribution in [-0.2, 0) is 20.7 Å². The fourth-order valence-corrected chi connectivity index (χ4v) is 1.75. The van der Waals surface area contributed by atoms with Gasteiger partial charge in [0.25, 0.3) is 0 Å². The van der Waals surface area contributed by atoms with E-state index < -0.39 is 23.7 Å². The van der Waals surface area contributed by atoms with Crippen LogP contribution in [-0.4, -0.2) is 35.4 Å². The van der Waals surface area contributed by atoms with Gasteiger partial charge in [-0.05, 0) is 38.5 Å². The number of carbonyl (C=O) groups excluding carboxylic acids is 2. The number of hydrogen-bond donors (Lipinski definition) is 2. The lowest BCUT2D eigenvalue weighted by atomic mass is 10.1. The highest BCUT2D eigenvalue weighted by atomic mass is 16.6. The fraction of sp³-hybridized carbons (Fsp3) is 0.412. The van der Waals surface area contributed by atoms with Gasteiger partial charge in [0.2, 0.25) is 0 Å². The first-order chi connectivity index (χ1) is 10.7. The number of amides is 1. The van der Waals surface area contributed by atoms with Gasteiger partial charge in [0.1, 0.15) is 24.0 Å². The third-order valence-corrected chi connectivity index (χ3v) is 2.70. The standard InChI is InChI=1S/C17H23NO5/c1-5-10-22-15(20)14(18-16(21)23-17(2,3)4)11-12-6-8-13(19)9-7-12/h5-9,14,19H,1,10-11H2,2-4H3,(H,18,21)/t14-/m1/s1. The zero-order chi connectivity index (χ0) is 17.5. The number of phenols is 1. The van der Waals surface area contributed by atoms with Crippen LogP contribution < -0.4 is 5.32 Å². The minimum atomic E-state index is -0.894. The quantitative estimate of drug-likeness (QED) is 0.621. The van der Waals surface area contributed by atoms with E-state index in [1.807, 2.05) is 0 Å². The lowest BCUT2D eigenvalue weighted by molar-refractivity contribution is -0.144. The second-order valence-corrected chi connectivity index (χ2v) is 5.99. The number of ether oxygens (including phenoxy) is 2. The van der Waals surface area contributed by atoms with Crippen LogP contribution in [0.1, 0.15) is 26.3 Å². The van der Waals surface area contributed by atoms with Gasteiger partial charge in [-0.15, -0.1) is 0 Å². The molecule has 0 fully saturated rings. The number of phenolic OH excluding ortho intramolecular Hbond substituents is 1. The molecule has 0 bridgehead atoms. The van der Waals surface area contributed by atoms with Gasteiger partial charge in [-0.1, -0.05) is 24.8 Å². The molecule has 0 radical (unpaired) electrons. The zero-order valence-corrected chi connectivity index (χ0v) is 13.7. The fourth-order valence-electron chi connectivity index (χ4n) is 1.75. The molecule has 0 aliphatic heterocycles. The monoisotopic (exact) mass is 321 g/mol. The summed E-state index contributed by atoms with van der Waals surface area (Å²) in [6.45, 7) is 8.74. The first kappa shape index (κ1) is 18.5. The van der Waals surface area contributed by atoms with Crippen molar-refractivity contribution in [2.75, 3.05) is 6.61 Å². The molecule has 1 aromatic rings. The molecule has 126 valence electrons. The summed E-state index contributed by atoms with van der Waals surface area (Å²) in [5, 5.41) is 11.8. The third kappa shape index (κ3) is 7.35. The number of nitrogens with one attached hydrogen (secondary N) is 1. The van der Waals surface area contributed by atoms with E-state index in [0.717, 1.165) is 5.56 Å². The molecule has 1 atom stereocenters. The molecule has 0 saturated carbocycles. The van der Waals surface area contributed by atoms with Crippen molar-refractivity contribution in [1.29, 1.82) is 0 Å². The highest BCUT2D eigenvalue weighted by Crippen LogP contribution is 2.13. The van der Waals surface area contributed by atoms with Crippen molar-refractivity contribution in [3.8, 4) is 5.75 Å². The van der Waals surface area contributed by atoms with Crippen LogP contribution in [0, 0.1) is 0 Å². The molecule has 0 aliphatic carbocycles. The van der Waals surface area contributed by atoms with Crippen molar-refractivity contribution in [3.63, 3.8) is 0 Å². The lowest BCUT2D eigenvalue weighted by Gasteiger charge is -2.23. The number of hydrogen-bond acceptors (Lipinski definition) is 5. The summed E-state index contributed by atoms with van der Waals surface area (Å²) in [5.41, 5.74) is 0.0949. The van der Waals surface area contributed by atoms with E-state index in [1.165, 1.54) is 18.2 Å². The summed E-state index contributed by atoms with van der Waals surface area (Å²) >= 11 is 0. The summed E-state index contributed by atoms with van der Waals surface area (Å²) < 4.78 is 10.2. The Morgan fingerprint density at radius 2 is 1.91 bits per heavy atom. The summed E-state index contributed by atoms with van der Waals surface area (Å²) in [6, 6.07) is 5.46. The molecule has 0 spiro atoms. The maximum atomic E-state index is 12.1. The molecule has 0 unspecified atom stereocenters. The van der Waals surface area contributed by atoms with Crippen molar-refractivity contribution in [1.82, 2.24) is 5.32 Å². The van der Waals surface area contributed by atoms with Gasteiger partial charge in [0.05, 0.1) is 0 Å².